The van der Waals surface area contributed by atoms with Gasteiger partial charge in [0.1, 0.15) is 0 Å². The maximum atomic E-state index is 6.08. The lowest BCUT2D eigenvalue weighted by atomic mass is 10.1. The molecule has 0 fully saturated rings. The minimum absolute atomic E-state index is 0.0291. The second-order valence-corrected chi connectivity index (χ2v) is 3.76. The molecular weight excluding hydrogens is 196 g/mol. The first kappa shape index (κ1) is 10.7. The molecule has 1 unspecified atom stereocenters. The molecule has 0 bridgehead atoms. The van der Waals surface area contributed by atoms with Crippen molar-refractivity contribution in [1.29, 1.82) is 0 Å². The number of rotatable bonds is 4. The van der Waals surface area contributed by atoms with Crippen LogP contribution >= 0.6 is 0 Å². The molecule has 16 heavy (non-hydrogen) atoms. The summed E-state index contributed by atoms with van der Waals surface area (Å²) < 4.78 is 0. The molecule has 0 spiro atoms. The van der Waals surface area contributed by atoms with Gasteiger partial charge in [0.2, 0.25) is 0 Å². The molecule has 0 saturated carbocycles. The Morgan fingerprint density at radius 1 is 0.875 bits per heavy atom. The largest absolute Gasteiger partial charge is 0.383 e. The Labute approximate surface area is 96.1 Å². The number of benzene rings is 2. The SMILES string of the molecule is NC(CNc1ccccc1)c1ccccc1. The summed E-state index contributed by atoms with van der Waals surface area (Å²) in [6.07, 6.45) is 0. The van der Waals surface area contributed by atoms with Gasteiger partial charge >= 0.3 is 0 Å². The zero-order valence-electron chi connectivity index (χ0n) is 9.14. The quantitative estimate of drug-likeness (QED) is 0.817. The van der Waals surface area contributed by atoms with E-state index in [9.17, 15) is 0 Å². The first-order valence-corrected chi connectivity index (χ1v) is 5.46. The van der Waals surface area contributed by atoms with Gasteiger partial charge in [0.05, 0.1) is 0 Å². The standard InChI is InChI=1S/C14H16N2/c15-14(12-7-3-1-4-8-12)11-16-13-9-5-2-6-10-13/h1-10,14,16H,11,15H2. The monoisotopic (exact) mass is 212 g/mol. The molecule has 0 aliphatic heterocycles. The smallest absolute Gasteiger partial charge is 0.0470 e. The Hall–Kier alpha value is -1.80. The van der Waals surface area contributed by atoms with Crippen LogP contribution in [0.5, 0.6) is 0 Å². The van der Waals surface area contributed by atoms with Crippen LogP contribution in [-0.4, -0.2) is 6.54 Å². The minimum atomic E-state index is 0.0291. The molecule has 0 aliphatic carbocycles. The Morgan fingerprint density at radius 2 is 1.44 bits per heavy atom. The van der Waals surface area contributed by atoms with Crippen LogP contribution in [0.15, 0.2) is 60.7 Å². The van der Waals surface area contributed by atoms with E-state index in [1.807, 2.05) is 48.5 Å². The predicted molar refractivity (Wildman–Crippen MR) is 68.3 cm³/mol. The molecule has 2 nitrogen and oxygen atoms in total. The molecule has 2 aromatic carbocycles. The molecule has 2 rings (SSSR count). The van der Waals surface area contributed by atoms with Crippen LogP contribution in [0.3, 0.4) is 0 Å². The van der Waals surface area contributed by atoms with Gasteiger partial charge in [-0.25, -0.2) is 0 Å². The molecular formula is C14H16N2. The summed E-state index contributed by atoms with van der Waals surface area (Å²) in [5.41, 5.74) is 8.34. The van der Waals surface area contributed by atoms with E-state index < -0.39 is 0 Å². The first-order valence-electron chi connectivity index (χ1n) is 5.46. The fourth-order valence-electron chi connectivity index (χ4n) is 1.60. The van der Waals surface area contributed by atoms with Gasteiger partial charge in [0.15, 0.2) is 0 Å². The minimum Gasteiger partial charge on any atom is -0.383 e. The van der Waals surface area contributed by atoms with Crippen molar-refractivity contribution in [1.82, 2.24) is 0 Å². The van der Waals surface area contributed by atoms with Crippen molar-refractivity contribution >= 4 is 5.69 Å². The average Bonchev–Trinajstić information content (AvgIpc) is 2.38. The summed E-state index contributed by atoms with van der Waals surface area (Å²) in [7, 11) is 0. The van der Waals surface area contributed by atoms with E-state index in [1.165, 1.54) is 0 Å². The van der Waals surface area contributed by atoms with Gasteiger partial charge in [-0.05, 0) is 17.7 Å². The lowest BCUT2D eigenvalue weighted by Gasteiger charge is -2.13. The molecule has 82 valence electrons. The summed E-state index contributed by atoms with van der Waals surface area (Å²) in [4.78, 5) is 0. The van der Waals surface area contributed by atoms with E-state index in [0.717, 1.165) is 17.8 Å². The van der Waals surface area contributed by atoms with Gasteiger partial charge in [0.25, 0.3) is 0 Å². The van der Waals surface area contributed by atoms with E-state index in [2.05, 4.69) is 17.4 Å². The van der Waals surface area contributed by atoms with Crippen LogP contribution in [0.25, 0.3) is 0 Å². The number of hydrogen-bond acceptors (Lipinski definition) is 2. The highest BCUT2D eigenvalue weighted by Crippen LogP contribution is 2.11. The van der Waals surface area contributed by atoms with Gasteiger partial charge in [-0.3, -0.25) is 0 Å². The summed E-state index contributed by atoms with van der Waals surface area (Å²) in [6, 6.07) is 20.3. The summed E-state index contributed by atoms with van der Waals surface area (Å²) >= 11 is 0. The molecule has 0 saturated heterocycles. The second-order valence-electron chi connectivity index (χ2n) is 3.76. The summed E-state index contributed by atoms with van der Waals surface area (Å²) in [6.45, 7) is 0.744. The van der Waals surface area contributed by atoms with Crippen LogP contribution in [0.2, 0.25) is 0 Å². The topological polar surface area (TPSA) is 38.0 Å². The highest BCUT2D eigenvalue weighted by atomic mass is 14.9. The maximum Gasteiger partial charge on any atom is 0.0470 e. The van der Waals surface area contributed by atoms with Crippen LogP contribution in [0.4, 0.5) is 5.69 Å². The predicted octanol–water partition coefficient (Wildman–Crippen LogP) is 2.80. The molecule has 0 aliphatic rings. The van der Waals surface area contributed by atoms with Crippen molar-refractivity contribution in [3.63, 3.8) is 0 Å². The molecule has 0 amide bonds. The van der Waals surface area contributed by atoms with Gasteiger partial charge in [0, 0.05) is 18.3 Å². The third-order valence-electron chi connectivity index (χ3n) is 2.53. The molecule has 0 radical (unpaired) electrons. The van der Waals surface area contributed by atoms with Gasteiger partial charge < -0.3 is 11.1 Å². The van der Waals surface area contributed by atoms with E-state index in [4.69, 9.17) is 5.73 Å². The third kappa shape index (κ3) is 2.84. The van der Waals surface area contributed by atoms with E-state index in [1.54, 1.807) is 0 Å². The van der Waals surface area contributed by atoms with Crippen molar-refractivity contribution < 1.29 is 0 Å². The maximum absolute atomic E-state index is 6.08. The Balaban J connectivity index is 1.92. The Morgan fingerprint density at radius 3 is 2.06 bits per heavy atom. The van der Waals surface area contributed by atoms with Crippen molar-refractivity contribution in [3.05, 3.63) is 66.2 Å². The number of nitrogens with one attached hydrogen (secondary N) is 1. The van der Waals surface area contributed by atoms with E-state index in [-0.39, 0.29) is 6.04 Å². The van der Waals surface area contributed by atoms with Crippen LogP contribution in [0, 0.1) is 0 Å². The van der Waals surface area contributed by atoms with E-state index in [0.29, 0.717) is 0 Å². The van der Waals surface area contributed by atoms with E-state index >= 15 is 0 Å². The number of hydrogen-bond donors (Lipinski definition) is 2. The molecule has 2 heteroatoms. The Bertz CT molecular complexity index is 411. The lowest BCUT2D eigenvalue weighted by Crippen LogP contribution is -2.20. The van der Waals surface area contributed by atoms with Gasteiger partial charge in [-0.2, -0.15) is 0 Å². The van der Waals surface area contributed by atoms with Gasteiger partial charge in [-0.1, -0.05) is 48.5 Å². The zero-order valence-corrected chi connectivity index (χ0v) is 9.14. The second kappa shape index (κ2) is 5.33. The fraction of sp³-hybridized carbons (Fsp3) is 0.143. The summed E-state index contributed by atoms with van der Waals surface area (Å²) in [5.74, 6) is 0. The van der Waals surface area contributed by atoms with Crippen molar-refractivity contribution in [2.45, 2.75) is 6.04 Å². The molecule has 0 heterocycles. The van der Waals surface area contributed by atoms with Crippen LogP contribution in [0.1, 0.15) is 11.6 Å². The van der Waals surface area contributed by atoms with Crippen molar-refractivity contribution in [2.75, 3.05) is 11.9 Å². The summed E-state index contributed by atoms with van der Waals surface area (Å²) in [5, 5.41) is 3.32. The van der Waals surface area contributed by atoms with Crippen molar-refractivity contribution in [3.8, 4) is 0 Å². The molecule has 0 aromatic heterocycles. The van der Waals surface area contributed by atoms with Gasteiger partial charge in [-0.15, -0.1) is 0 Å². The fourth-order valence-corrected chi connectivity index (χ4v) is 1.60. The highest BCUT2D eigenvalue weighted by molar-refractivity contribution is 5.42. The third-order valence-corrected chi connectivity index (χ3v) is 2.53. The number of anilines is 1. The number of nitrogens with two attached hydrogens (primary N) is 1. The lowest BCUT2D eigenvalue weighted by molar-refractivity contribution is 0.764. The average molecular weight is 212 g/mol. The first-order chi connectivity index (χ1) is 7.86. The Kier molecular flexibility index (Phi) is 3.57. The number of para-hydroxylation sites is 1. The zero-order chi connectivity index (χ0) is 11.2. The molecule has 1 atom stereocenters. The molecule has 3 N–H and O–H groups in total. The van der Waals surface area contributed by atoms with Crippen LogP contribution < -0.4 is 11.1 Å². The normalized spacial score (nSPS) is 12.1. The van der Waals surface area contributed by atoms with Crippen molar-refractivity contribution in [2.24, 2.45) is 5.73 Å². The highest BCUT2D eigenvalue weighted by Gasteiger charge is 2.03. The van der Waals surface area contributed by atoms with Crippen LogP contribution in [-0.2, 0) is 0 Å². The molecule has 2 aromatic rings.